The van der Waals surface area contributed by atoms with E-state index >= 15 is 0 Å². The van der Waals surface area contributed by atoms with Crippen molar-refractivity contribution in [1.82, 2.24) is 4.90 Å². The van der Waals surface area contributed by atoms with Crippen LogP contribution in [0.25, 0.3) is 0 Å². The van der Waals surface area contributed by atoms with Crippen molar-refractivity contribution in [2.75, 3.05) is 13.1 Å². The van der Waals surface area contributed by atoms with Crippen molar-refractivity contribution in [2.45, 2.75) is 18.4 Å². The van der Waals surface area contributed by atoms with E-state index in [-0.39, 0.29) is 30.0 Å². The number of carbonyl (C=O) groups is 1. The van der Waals surface area contributed by atoms with Crippen molar-refractivity contribution < 1.29 is 9.72 Å². The molecule has 1 fully saturated rings. The van der Waals surface area contributed by atoms with Crippen LogP contribution < -0.4 is 5.73 Å². The first kappa shape index (κ1) is 16.1. The van der Waals surface area contributed by atoms with Crippen LogP contribution in [0.2, 0.25) is 0 Å². The molecule has 124 valence electrons. The van der Waals surface area contributed by atoms with E-state index in [1.165, 1.54) is 12.1 Å². The molecule has 24 heavy (non-hydrogen) atoms. The van der Waals surface area contributed by atoms with Crippen LogP contribution in [0, 0.1) is 10.1 Å². The Labute approximate surface area is 140 Å². The molecular formula is C18H19N3O3. The van der Waals surface area contributed by atoms with E-state index in [9.17, 15) is 14.9 Å². The molecule has 0 aromatic heterocycles. The predicted octanol–water partition coefficient (Wildman–Crippen LogP) is 2.09. The Morgan fingerprint density at radius 1 is 1.17 bits per heavy atom. The normalized spacial score (nSPS) is 20.1. The molecule has 2 aromatic rings. The van der Waals surface area contributed by atoms with Gasteiger partial charge in [0.15, 0.2) is 0 Å². The first-order valence-corrected chi connectivity index (χ1v) is 7.86. The number of hydrogen-bond acceptors (Lipinski definition) is 4. The summed E-state index contributed by atoms with van der Waals surface area (Å²) in [5.74, 6) is 0.0737. The third kappa shape index (κ3) is 3.44. The molecule has 2 unspecified atom stereocenters. The van der Waals surface area contributed by atoms with Gasteiger partial charge in [0, 0.05) is 37.2 Å². The van der Waals surface area contributed by atoms with Gasteiger partial charge in [-0.2, -0.15) is 0 Å². The standard InChI is InChI=1S/C18H19N3O3/c19-17-12-20(11-16(17)14-6-2-1-3-7-14)18(22)10-13-5-4-8-15(9-13)21(23)24/h1-9,16-17H,10-12,19H2. The SMILES string of the molecule is NC1CN(C(=O)Cc2cccc([N+](=O)[O-])c2)CC1c1ccccc1. The summed E-state index contributed by atoms with van der Waals surface area (Å²) in [5.41, 5.74) is 7.99. The number of nitrogens with two attached hydrogens (primary N) is 1. The van der Waals surface area contributed by atoms with Gasteiger partial charge in [0.05, 0.1) is 11.3 Å². The van der Waals surface area contributed by atoms with Crippen LogP contribution in [0.3, 0.4) is 0 Å². The number of carbonyl (C=O) groups excluding carboxylic acids is 1. The van der Waals surface area contributed by atoms with E-state index < -0.39 is 4.92 Å². The molecule has 2 atom stereocenters. The number of benzene rings is 2. The quantitative estimate of drug-likeness (QED) is 0.688. The third-order valence-electron chi connectivity index (χ3n) is 4.42. The molecule has 0 radical (unpaired) electrons. The van der Waals surface area contributed by atoms with E-state index in [1.807, 2.05) is 30.3 Å². The number of hydrogen-bond donors (Lipinski definition) is 1. The molecule has 1 aliphatic heterocycles. The van der Waals surface area contributed by atoms with Gasteiger partial charge in [-0.05, 0) is 11.1 Å². The average molecular weight is 325 g/mol. The summed E-state index contributed by atoms with van der Waals surface area (Å²) in [6.07, 6.45) is 0.149. The van der Waals surface area contributed by atoms with Gasteiger partial charge in [-0.25, -0.2) is 0 Å². The molecule has 3 rings (SSSR count). The van der Waals surface area contributed by atoms with Crippen molar-refractivity contribution in [1.29, 1.82) is 0 Å². The van der Waals surface area contributed by atoms with Crippen LogP contribution in [0.15, 0.2) is 54.6 Å². The fourth-order valence-electron chi connectivity index (χ4n) is 3.15. The van der Waals surface area contributed by atoms with E-state index in [4.69, 9.17) is 5.73 Å². The molecule has 0 aliphatic carbocycles. The van der Waals surface area contributed by atoms with Gasteiger partial charge in [-0.15, -0.1) is 0 Å². The van der Waals surface area contributed by atoms with Crippen molar-refractivity contribution in [3.8, 4) is 0 Å². The lowest BCUT2D eigenvalue weighted by molar-refractivity contribution is -0.384. The summed E-state index contributed by atoms with van der Waals surface area (Å²) in [6.45, 7) is 1.09. The molecule has 2 aromatic carbocycles. The van der Waals surface area contributed by atoms with Crippen molar-refractivity contribution in [3.63, 3.8) is 0 Å². The second-order valence-electron chi connectivity index (χ2n) is 6.08. The Kier molecular flexibility index (Phi) is 4.57. The smallest absolute Gasteiger partial charge is 0.269 e. The Bertz CT molecular complexity index is 748. The fourth-order valence-corrected chi connectivity index (χ4v) is 3.15. The maximum atomic E-state index is 12.5. The summed E-state index contributed by atoms with van der Waals surface area (Å²) < 4.78 is 0. The summed E-state index contributed by atoms with van der Waals surface area (Å²) in [4.78, 5) is 24.6. The number of nitrogens with zero attached hydrogens (tertiary/aromatic N) is 2. The van der Waals surface area contributed by atoms with Crippen LogP contribution in [0.1, 0.15) is 17.0 Å². The van der Waals surface area contributed by atoms with Gasteiger partial charge in [0.1, 0.15) is 0 Å². The first-order valence-electron chi connectivity index (χ1n) is 7.86. The zero-order valence-corrected chi connectivity index (χ0v) is 13.2. The minimum Gasteiger partial charge on any atom is -0.340 e. The van der Waals surface area contributed by atoms with Gasteiger partial charge in [-0.3, -0.25) is 14.9 Å². The summed E-state index contributed by atoms with van der Waals surface area (Å²) in [7, 11) is 0. The number of likely N-dealkylation sites (tertiary alicyclic amines) is 1. The highest BCUT2D eigenvalue weighted by molar-refractivity contribution is 5.79. The van der Waals surface area contributed by atoms with E-state index in [2.05, 4.69) is 0 Å². The highest BCUT2D eigenvalue weighted by Gasteiger charge is 2.33. The van der Waals surface area contributed by atoms with Crippen LogP contribution in [-0.2, 0) is 11.2 Å². The molecular weight excluding hydrogens is 306 g/mol. The second-order valence-corrected chi connectivity index (χ2v) is 6.08. The summed E-state index contributed by atoms with van der Waals surface area (Å²) in [6, 6.07) is 16.0. The first-order chi connectivity index (χ1) is 11.5. The lowest BCUT2D eigenvalue weighted by Gasteiger charge is -2.16. The molecule has 0 spiro atoms. The number of nitro groups is 1. The van der Waals surface area contributed by atoms with Crippen molar-refractivity contribution >= 4 is 11.6 Å². The van der Waals surface area contributed by atoms with Crippen LogP contribution in [0.5, 0.6) is 0 Å². The van der Waals surface area contributed by atoms with Gasteiger partial charge in [-0.1, -0.05) is 42.5 Å². The van der Waals surface area contributed by atoms with Crippen molar-refractivity contribution in [2.24, 2.45) is 5.73 Å². The lowest BCUT2D eigenvalue weighted by atomic mass is 9.95. The van der Waals surface area contributed by atoms with E-state index in [0.717, 1.165) is 5.56 Å². The maximum Gasteiger partial charge on any atom is 0.269 e. The van der Waals surface area contributed by atoms with Crippen LogP contribution in [0.4, 0.5) is 5.69 Å². The number of nitro benzene ring substituents is 1. The largest absolute Gasteiger partial charge is 0.340 e. The highest BCUT2D eigenvalue weighted by Crippen LogP contribution is 2.27. The zero-order valence-electron chi connectivity index (χ0n) is 13.2. The molecule has 0 bridgehead atoms. The van der Waals surface area contributed by atoms with E-state index in [1.54, 1.807) is 17.0 Å². The van der Waals surface area contributed by atoms with Gasteiger partial charge in [0.25, 0.3) is 5.69 Å². The summed E-state index contributed by atoms with van der Waals surface area (Å²) in [5, 5.41) is 10.8. The molecule has 6 nitrogen and oxygen atoms in total. The zero-order chi connectivity index (χ0) is 17.1. The highest BCUT2D eigenvalue weighted by atomic mass is 16.6. The minimum atomic E-state index is -0.453. The van der Waals surface area contributed by atoms with E-state index in [0.29, 0.717) is 18.7 Å². The van der Waals surface area contributed by atoms with Crippen molar-refractivity contribution in [3.05, 3.63) is 75.8 Å². The molecule has 1 heterocycles. The maximum absolute atomic E-state index is 12.5. The van der Waals surface area contributed by atoms with Crippen LogP contribution in [-0.4, -0.2) is 34.9 Å². The Morgan fingerprint density at radius 3 is 2.62 bits per heavy atom. The molecule has 2 N–H and O–H groups in total. The summed E-state index contributed by atoms with van der Waals surface area (Å²) >= 11 is 0. The lowest BCUT2D eigenvalue weighted by Crippen LogP contribution is -2.33. The van der Waals surface area contributed by atoms with Gasteiger partial charge < -0.3 is 10.6 Å². The Hall–Kier alpha value is -2.73. The topological polar surface area (TPSA) is 89.5 Å². The molecule has 6 heteroatoms. The molecule has 0 saturated carbocycles. The van der Waals surface area contributed by atoms with Crippen LogP contribution >= 0.6 is 0 Å². The molecule has 1 saturated heterocycles. The number of amides is 1. The Morgan fingerprint density at radius 2 is 1.92 bits per heavy atom. The average Bonchev–Trinajstić information content (AvgIpc) is 2.98. The molecule has 1 aliphatic rings. The fraction of sp³-hybridized carbons (Fsp3) is 0.278. The number of non-ortho nitro benzene ring substituents is 1. The monoisotopic (exact) mass is 325 g/mol. The number of rotatable bonds is 4. The second kappa shape index (κ2) is 6.80. The molecule has 1 amide bonds. The van der Waals surface area contributed by atoms with Gasteiger partial charge >= 0.3 is 0 Å². The third-order valence-corrected chi connectivity index (χ3v) is 4.42. The Balaban J connectivity index is 1.68. The predicted molar refractivity (Wildman–Crippen MR) is 90.5 cm³/mol. The minimum absolute atomic E-state index is 0.000542. The van der Waals surface area contributed by atoms with Gasteiger partial charge in [0.2, 0.25) is 5.91 Å².